The fraction of sp³-hybridized carbons (Fsp3) is 0.111. The molecule has 6 nitrogen and oxygen atoms in total. The van der Waals surface area contributed by atoms with Gasteiger partial charge in [0.15, 0.2) is 0 Å². The van der Waals surface area contributed by atoms with Gasteiger partial charge in [-0.05, 0) is 6.07 Å². The Hall–Kier alpha value is -1.51. The van der Waals surface area contributed by atoms with Crippen LogP contribution in [-0.2, 0) is 16.6 Å². The Morgan fingerprint density at radius 3 is 2.82 bits per heavy atom. The van der Waals surface area contributed by atoms with Crippen molar-refractivity contribution in [2.75, 3.05) is 0 Å². The van der Waals surface area contributed by atoms with Crippen LogP contribution >= 0.6 is 11.3 Å². The average molecular weight is 271 g/mol. The number of hydrogen-bond acceptors (Lipinski definition) is 5. The van der Waals surface area contributed by atoms with Crippen LogP contribution in [0.4, 0.5) is 0 Å². The van der Waals surface area contributed by atoms with Gasteiger partial charge in [-0.2, -0.15) is 0 Å². The maximum absolute atomic E-state index is 11.8. The van der Waals surface area contributed by atoms with Gasteiger partial charge in [0.25, 0.3) is 0 Å². The van der Waals surface area contributed by atoms with Crippen LogP contribution < -0.4 is 10.3 Å². The molecule has 2 aromatic heterocycles. The molecule has 0 saturated carbocycles. The normalized spacial score (nSPS) is 11.5. The highest BCUT2D eigenvalue weighted by Crippen LogP contribution is 2.08. The van der Waals surface area contributed by atoms with Gasteiger partial charge < -0.3 is 4.98 Å². The fourth-order valence-electron chi connectivity index (χ4n) is 1.14. The third kappa shape index (κ3) is 2.99. The van der Waals surface area contributed by atoms with Crippen molar-refractivity contribution in [3.05, 3.63) is 45.3 Å². The first-order valence-electron chi connectivity index (χ1n) is 4.64. The Kier molecular flexibility index (Phi) is 3.36. The largest absolute Gasteiger partial charge is 0.328 e. The predicted molar refractivity (Wildman–Crippen MR) is 63.2 cm³/mol. The molecule has 17 heavy (non-hydrogen) atoms. The molecule has 2 heterocycles. The summed E-state index contributed by atoms with van der Waals surface area (Å²) in [5.74, 6) is 0. The summed E-state index contributed by atoms with van der Waals surface area (Å²) in [5, 5.41) is 0. The Morgan fingerprint density at radius 2 is 2.24 bits per heavy atom. The minimum atomic E-state index is -3.59. The number of aromatic amines is 1. The standard InChI is InChI=1S/C9H9N3O3S2/c13-9-2-1-8(5-11-9)17(14,15)12-4-7-3-10-6-16-7/h1-3,5-6,12H,4H2,(H,11,13). The Bertz CT molecular complexity index is 626. The van der Waals surface area contributed by atoms with Crippen LogP contribution in [-0.4, -0.2) is 18.4 Å². The van der Waals surface area contributed by atoms with E-state index < -0.39 is 10.0 Å². The summed E-state index contributed by atoms with van der Waals surface area (Å²) < 4.78 is 26.0. The van der Waals surface area contributed by atoms with Crippen LogP contribution in [0.5, 0.6) is 0 Å². The van der Waals surface area contributed by atoms with Crippen molar-refractivity contribution in [3.63, 3.8) is 0 Å². The number of aromatic nitrogens is 2. The molecule has 0 aliphatic heterocycles. The number of thiazole rings is 1. The fourth-order valence-corrected chi connectivity index (χ4v) is 2.74. The molecule has 0 fully saturated rings. The molecule has 0 aliphatic rings. The zero-order valence-electron chi connectivity index (χ0n) is 8.58. The highest BCUT2D eigenvalue weighted by atomic mass is 32.2. The van der Waals surface area contributed by atoms with Gasteiger partial charge in [-0.1, -0.05) is 0 Å². The molecule has 0 bridgehead atoms. The van der Waals surface area contributed by atoms with Gasteiger partial charge >= 0.3 is 0 Å². The lowest BCUT2D eigenvalue weighted by atomic mass is 10.5. The van der Waals surface area contributed by atoms with Gasteiger partial charge in [0, 0.05) is 29.9 Å². The second kappa shape index (κ2) is 4.78. The number of sulfonamides is 1. The second-order valence-corrected chi connectivity index (χ2v) is 5.92. The van der Waals surface area contributed by atoms with Gasteiger partial charge in [-0.15, -0.1) is 11.3 Å². The van der Waals surface area contributed by atoms with E-state index in [1.807, 2.05) is 0 Å². The third-order valence-corrected chi connectivity index (χ3v) is 4.16. The van der Waals surface area contributed by atoms with E-state index in [4.69, 9.17) is 0 Å². The van der Waals surface area contributed by atoms with E-state index >= 15 is 0 Å². The lowest BCUT2D eigenvalue weighted by Gasteiger charge is -2.04. The molecular formula is C9H9N3O3S2. The minimum Gasteiger partial charge on any atom is -0.328 e. The maximum Gasteiger partial charge on any atom is 0.247 e. The molecule has 0 radical (unpaired) electrons. The van der Waals surface area contributed by atoms with Crippen molar-refractivity contribution >= 4 is 21.4 Å². The van der Waals surface area contributed by atoms with Gasteiger partial charge in [-0.25, -0.2) is 13.1 Å². The van der Waals surface area contributed by atoms with E-state index in [1.54, 1.807) is 11.7 Å². The van der Waals surface area contributed by atoms with Crippen molar-refractivity contribution in [1.29, 1.82) is 0 Å². The Morgan fingerprint density at radius 1 is 1.41 bits per heavy atom. The molecule has 0 aromatic carbocycles. The van der Waals surface area contributed by atoms with Crippen molar-refractivity contribution < 1.29 is 8.42 Å². The molecule has 0 saturated heterocycles. The summed E-state index contributed by atoms with van der Waals surface area (Å²) in [6, 6.07) is 2.43. The summed E-state index contributed by atoms with van der Waals surface area (Å²) in [4.78, 5) is 17.8. The second-order valence-electron chi connectivity index (χ2n) is 3.18. The van der Waals surface area contributed by atoms with E-state index in [0.717, 1.165) is 11.1 Å². The number of rotatable bonds is 4. The first kappa shape index (κ1) is 12.0. The van der Waals surface area contributed by atoms with E-state index in [1.165, 1.54) is 23.5 Å². The quantitative estimate of drug-likeness (QED) is 0.837. The first-order valence-corrected chi connectivity index (χ1v) is 7.00. The van der Waals surface area contributed by atoms with Crippen LogP contribution in [0.3, 0.4) is 0 Å². The first-order chi connectivity index (χ1) is 8.08. The summed E-state index contributed by atoms with van der Waals surface area (Å²) >= 11 is 1.37. The molecule has 8 heteroatoms. The Balaban J connectivity index is 2.14. The summed E-state index contributed by atoms with van der Waals surface area (Å²) in [5.41, 5.74) is 1.29. The lowest BCUT2D eigenvalue weighted by Crippen LogP contribution is -2.23. The topological polar surface area (TPSA) is 91.9 Å². The minimum absolute atomic E-state index is 0.0293. The van der Waals surface area contributed by atoms with Gasteiger partial charge in [0.1, 0.15) is 0 Å². The lowest BCUT2D eigenvalue weighted by molar-refractivity contribution is 0.581. The molecule has 2 aromatic rings. The smallest absolute Gasteiger partial charge is 0.247 e. The molecule has 0 spiro atoms. The monoisotopic (exact) mass is 271 g/mol. The third-order valence-electron chi connectivity index (χ3n) is 1.99. The van der Waals surface area contributed by atoms with Gasteiger partial charge in [-0.3, -0.25) is 9.78 Å². The van der Waals surface area contributed by atoms with E-state index in [-0.39, 0.29) is 17.0 Å². The SMILES string of the molecule is O=c1ccc(S(=O)(=O)NCc2cncs2)c[nH]1. The zero-order chi connectivity index (χ0) is 12.3. The molecule has 0 unspecified atom stereocenters. The van der Waals surface area contributed by atoms with E-state index in [2.05, 4.69) is 14.7 Å². The number of nitrogens with zero attached hydrogens (tertiary/aromatic N) is 1. The zero-order valence-corrected chi connectivity index (χ0v) is 10.2. The highest BCUT2D eigenvalue weighted by molar-refractivity contribution is 7.89. The Labute approximate surface area is 101 Å². The van der Waals surface area contributed by atoms with E-state index in [0.29, 0.717) is 0 Å². The molecule has 0 amide bonds. The summed E-state index contributed by atoms with van der Waals surface area (Å²) in [7, 11) is -3.59. The predicted octanol–water partition coefficient (Wildman–Crippen LogP) is 0.310. The van der Waals surface area contributed by atoms with Crippen molar-refractivity contribution in [2.24, 2.45) is 0 Å². The number of nitrogens with one attached hydrogen (secondary N) is 2. The van der Waals surface area contributed by atoms with Crippen LogP contribution in [0.1, 0.15) is 4.88 Å². The molecule has 90 valence electrons. The number of pyridine rings is 1. The van der Waals surface area contributed by atoms with Crippen LogP contribution in [0, 0.1) is 0 Å². The van der Waals surface area contributed by atoms with Crippen molar-refractivity contribution in [2.45, 2.75) is 11.4 Å². The molecule has 2 N–H and O–H groups in total. The van der Waals surface area contributed by atoms with Gasteiger partial charge in [0.05, 0.1) is 10.4 Å². The highest BCUT2D eigenvalue weighted by Gasteiger charge is 2.13. The number of hydrogen-bond donors (Lipinski definition) is 2. The van der Waals surface area contributed by atoms with Crippen LogP contribution in [0.15, 0.2) is 39.7 Å². The molecular weight excluding hydrogens is 262 g/mol. The summed E-state index contributed by atoms with van der Waals surface area (Å²) in [6.45, 7) is 0.187. The van der Waals surface area contributed by atoms with Crippen molar-refractivity contribution in [1.82, 2.24) is 14.7 Å². The average Bonchev–Trinajstić information content (AvgIpc) is 2.80. The van der Waals surface area contributed by atoms with Crippen LogP contribution in [0.25, 0.3) is 0 Å². The summed E-state index contributed by atoms with van der Waals surface area (Å²) in [6.07, 6.45) is 2.76. The maximum atomic E-state index is 11.8. The molecule has 0 aliphatic carbocycles. The van der Waals surface area contributed by atoms with Crippen LogP contribution in [0.2, 0.25) is 0 Å². The molecule has 2 rings (SSSR count). The number of H-pyrrole nitrogens is 1. The van der Waals surface area contributed by atoms with E-state index in [9.17, 15) is 13.2 Å². The van der Waals surface area contributed by atoms with Gasteiger partial charge in [0.2, 0.25) is 15.6 Å². The molecule has 0 atom stereocenters. The van der Waals surface area contributed by atoms with Crippen molar-refractivity contribution in [3.8, 4) is 0 Å².